The molecule has 3 aromatic rings. The Morgan fingerprint density at radius 3 is 2.31 bits per heavy atom. The maximum absolute atomic E-state index is 12.5. The van der Waals surface area contributed by atoms with Gasteiger partial charge in [-0.25, -0.2) is 4.79 Å². The number of nitrogens with one attached hydrogen (secondary N) is 1. The van der Waals surface area contributed by atoms with Gasteiger partial charge in [-0.1, -0.05) is 0 Å². The number of ketones is 1. The molecule has 1 heterocycles. The Kier molecular flexibility index (Phi) is 8.42. The van der Waals surface area contributed by atoms with E-state index >= 15 is 0 Å². The van der Waals surface area contributed by atoms with E-state index in [-0.39, 0.29) is 11.5 Å². The van der Waals surface area contributed by atoms with Crippen LogP contribution in [0.25, 0.3) is 11.8 Å². The number of hydrogen-bond acceptors (Lipinski definition) is 6. The van der Waals surface area contributed by atoms with Crippen molar-refractivity contribution >= 4 is 29.4 Å². The number of esters is 1. The molecule has 1 N–H and O–H groups in total. The molecule has 0 aliphatic rings. The molecule has 0 saturated heterocycles. The quantitative estimate of drug-likeness (QED) is 0.202. The summed E-state index contributed by atoms with van der Waals surface area (Å²) in [6, 6.07) is 17.6. The van der Waals surface area contributed by atoms with Crippen LogP contribution in [-0.2, 0) is 14.3 Å². The second-order valence-corrected chi connectivity index (χ2v) is 8.02. The van der Waals surface area contributed by atoms with E-state index in [1.165, 1.54) is 25.1 Å². The Balaban J connectivity index is 1.72. The van der Waals surface area contributed by atoms with E-state index < -0.39 is 18.4 Å². The zero-order valence-corrected chi connectivity index (χ0v) is 20.6. The summed E-state index contributed by atoms with van der Waals surface area (Å²) >= 11 is 0. The molecule has 0 fully saturated rings. The molecular weight excluding hydrogens is 458 g/mol. The van der Waals surface area contributed by atoms with Crippen LogP contribution in [0.3, 0.4) is 0 Å². The molecule has 0 radical (unpaired) electrons. The van der Waals surface area contributed by atoms with Crippen molar-refractivity contribution in [2.24, 2.45) is 0 Å². The third kappa shape index (κ3) is 6.27. The van der Waals surface area contributed by atoms with Crippen molar-refractivity contribution in [3.05, 3.63) is 82.7 Å². The predicted octanol–water partition coefficient (Wildman–Crippen LogP) is 4.78. The second kappa shape index (κ2) is 11.7. The highest BCUT2D eigenvalue weighted by Crippen LogP contribution is 2.24. The number of benzene rings is 2. The topological polar surface area (TPSA) is 110 Å². The van der Waals surface area contributed by atoms with Crippen LogP contribution in [0.4, 0.5) is 5.69 Å². The SMILES string of the molecule is CCOc1ccc(-n2c(C)cc(/C=C(\C#N)C(=O)OCC(=O)c3ccc(NC(C)=O)cc3)c2C)cc1. The first-order valence-electron chi connectivity index (χ1n) is 11.4. The fourth-order valence-corrected chi connectivity index (χ4v) is 3.72. The zero-order valence-electron chi connectivity index (χ0n) is 20.6. The lowest BCUT2D eigenvalue weighted by atomic mass is 10.1. The van der Waals surface area contributed by atoms with E-state index in [1.807, 2.05) is 61.7 Å². The number of carbonyl (C=O) groups is 3. The lowest BCUT2D eigenvalue weighted by molar-refractivity contribution is -0.137. The number of hydrogen-bond donors (Lipinski definition) is 1. The molecule has 8 heteroatoms. The summed E-state index contributed by atoms with van der Waals surface area (Å²) in [6.07, 6.45) is 1.46. The van der Waals surface area contributed by atoms with E-state index in [0.29, 0.717) is 23.4 Å². The van der Waals surface area contributed by atoms with Crippen LogP contribution in [-0.4, -0.2) is 35.4 Å². The largest absolute Gasteiger partial charge is 0.494 e. The van der Waals surface area contributed by atoms with Gasteiger partial charge in [-0.2, -0.15) is 5.26 Å². The number of nitrogens with zero attached hydrogens (tertiary/aromatic N) is 2. The molecule has 36 heavy (non-hydrogen) atoms. The number of carbonyl (C=O) groups excluding carboxylic acids is 3. The highest BCUT2D eigenvalue weighted by molar-refractivity contribution is 6.02. The average molecular weight is 486 g/mol. The highest BCUT2D eigenvalue weighted by atomic mass is 16.5. The summed E-state index contributed by atoms with van der Waals surface area (Å²) in [7, 11) is 0. The van der Waals surface area contributed by atoms with Crippen LogP contribution in [0, 0.1) is 25.2 Å². The number of Topliss-reactive ketones (excluding diaryl/α,β-unsaturated/α-hetero) is 1. The van der Waals surface area contributed by atoms with Crippen molar-refractivity contribution < 1.29 is 23.9 Å². The molecular formula is C28H27N3O5. The minimum absolute atomic E-state index is 0.212. The van der Waals surface area contributed by atoms with Crippen LogP contribution in [0.1, 0.15) is 41.2 Å². The first-order valence-corrected chi connectivity index (χ1v) is 11.4. The summed E-state index contributed by atoms with van der Waals surface area (Å²) in [5.41, 5.74) is 4.03. The standard InChI is InChI=1S/C28H27N3O5/c1-5-35-26-12-10-25(11-13-26)31-18(2)14-22(19(31)3)15-23(16-29)28(34)36-17-27(33)21-6-8-24(9-7-21)30-20(4)32/h6-15H,5,17H2,1-4H3,(H,30,32)/b23-15+. The minimum atomic E-state index is -0.883. The Morgan fingerprint density at radius 1 is 1.06 bits per heavy atom. The summed E-state index contributed by atoms with van der Waals surface area (Å²) in [5.74, 6) is -0.758. The molecule has 0 saturated carbocycles. The maximum atomic E-state index is 12.5. The molecule has 0 aliphatic carbocycles. The monoisotopic (exact) mass is 485 g/mol. The zero-order chi connectivity index (χ0) is 26.2. The fourth-order valence-electron chi connectivity index (χ4n) is 3.72. The lowest BCUT2D eigenvalue weighted by Gasteiger charge is -2.11. The van der Waals surface area contributed by atoms with Crippen LogP contribution >= 0.6 is 0 Å². The van der Waals surface area contributed by atoms with Crippen molar-refractivity contribution in [3.8, 4) is 17.5 Å². The average Bonchev–Trinajstić information content (AvgIpc) is 3.14. The molecule has 0 atom stereocenters. The number of nitriles is 1. The van der Waals surface area contributed by atoms with E-state index in [2.05, 4.69) is 5.32 Å². The number of aryl methyl sites for hydroxylation is 1. The van der Waals surface area contributed by atoms with Crippen molar-refractivity contribution in [2.75, 3.05) is 18.5 Å². The van der Waals surface area contributed by atoms with Crippen molar-refractivity contribution in [3.63, 3.8) is 0 Å². The van der Waals surface area contributed by atoms with Crippen molar-refractivity contribution in [1.82, 2.24) is 4.57 Å². The van der Waals surface area contributed by atoms with Gasteiger partial charge in [0.25, 0.3) is 0 Å². The molecule has 0 spiro atoms. The third-order valence-electron chi connectivity index (χ3n) is 5.38. The van der Waals surface area contributed by atoms with Gasteiger partial charge < -0.3 is 19.4 Å². The van der Waals surface area contributed by atoms with Gasteiger partial charge in [0.2, 0.25) is 5.91 Å². The fraction of sp³-hybridized carbons (Fsp3) is 0.214. The van der Waals surface area contributed by atoms with E-state index in [4.69, 9.17) is 9.47 Å². The van der Waals surface area contributed by atoms with Crippen LogP contribution in [0.5, 0.6) is 5.75 Å². The maximum Gasteiger partial charge on any atom is 0.349 e. The van der Waals surface area contributed by atoms with Gasteiger partial charge in [0.1, 0.15) is 17.4 Å². The molecule has 0 bridgehead atoms. The highest BCUT2D eigenvalue weighted by Gasteiger charge is 2.17. The van der Waals surface area contributed by atoms with Gasteiger partial charge >= 0.3 is 5.97 Å². The number of ether oxygens (including phenoxy) is 2. The molecule has 1 aromatic heterocycles. The minimum Gasteiger partial charge on any atom is -0.494 e. The molecule has 2 aromatic carbocycles. The molecule has 1 amide bonds. The Bertz CT molecular complexity index is 1340. The second-order valence-electron chi connectivity index (χ2n) is 8.02. The van der Waals surface area contributed by atoms with Gasteiger partial charge in [0.15, 0.2) is 12.4 Å². The summed E-state index contributed by atoms with van der Waals surface area (Å²) < 4.78 is 12.6. The third-order valence-corrected chi connectivity index (χ3v) is 5.38. The van der Waals surface area contributed by atoms with Gasteiger partial charge in [0, 0.05) is 35.2 Å². The number of amides is 1. The number of aromatic nitrogens is 1. The van der Waals surface area contributed by atoms with Crippen LogP contribution in [0.15, 0.2) is 60.2 Å². The first kappa shape index (κ1) is 26.0. The number of rotatable bonds is 9. The molecule has 8 nitrogen and oxygen atoms in total. The summed E-state index contributed by atoms with van der Waals surface area (Å²) in [4.78, 5) is 36.0. The normalized spacial score (nSPS) is 10.9. The Morgan fingerprint density at radius 2 is 1.72 bits per heavy atom. The van der Waals surface area contributed by atoms with Gasteiger partial charge in [-0.3, -0.25) is 9.59 Å². The summed E-state index contributed by atoms with van der Waals surface area (Å²) in [5, 5.41) is 12.2. The summed E-state index contributed by atoms with van der Waals surface area (Å²) in [6.45, 7) is 7.20. The van der Waals surface area contributed by atoms with E-state index in [9.17, 15) is 19.6 Å². The Labute approximate surface area is 209 Å². The van der Waals surface area contributed by atoms with Crippen LogP contribution < -0.4 is 10.1 Å². The van der Waals surface area contributed by atoms with Gasteiger partial charge in [0.05, 0.1) is 6.61 Å². The molecule has 0 unspecified atom stereocenters. The predicted molar refractivity (Wildman–Crippen MR) is 136 cm³/mol. The molecule has 3 rings (SSSR count). The smallest absolute Gasteiger partial charge is 0.349 e. The van der Waals surface area contributed by atoms with E-state index in [0.717, 1.165) is 22.8 Å². The van der Waals surface area contributed by atoms with Crippen molar-refractivity contribution in [1.29, 1.82) is 5.26 Å². The van der Waals surface area contributed by atoms with E-state index in [1.54, 1.807) is 12.1 Å². The number of anilines is 1. The molecule has 0 aliphatic heterocycles. The van der Waals surface area contributed by atoms with Gasteiger partial charge in [-0.15, -0.1) is 0 Å². The van der Waals surface area contributed by atoms with Crippen molar-refractivity contribution in [2.45, 2.75) is 27.7 Å². The van der Waals surface area contributed by atoms with Gasteiger partial charge in [-0.05, 0) is 87.0 Å². The Hall–Kier alpha value is -4.64. The molecule has 184 valence electrons. The van der Waals surface area contributed by atoms with Crippen LogP contribution in [0.2, 0.25) is 0 Å². The first-order chi connectivity index (χ1) is 17.2. The lowest BCUT2D eigenvalue weighted by Crippen LogP contribution is -2.15.